The molecule has 1 aromatic heterocycles. The molecule has 0 aromatic carbocycles. The Hall–Kier alpha value is -2.11. The summed E-state index contributed by atoms with van der Waals surface area (Å²) in [7, 11) is 0. The lowest BCUT2D eigenvalue weighted by Gasteiger charge is -2.05. The second-order valence-corrected chi connectivity index (χ2v) is 4.31. The molecule has 6 nitrogen and oxygen atoms in total. The summed E-state index contributed by atoms with van der Waals surface area (Å²) in [4.78, 5) is 35.2. The molecule has 0 radical (unpaired) electrons. The second kappa shape index (κ2) is 6.88. The second-order valence-electron chi connectivity index (χ2n) is 4.31. The summed E-state index contributed by atoms with van der Waals surface area (Å²) in [5.74, 6) is -1.01. The quantitative estimate of drug-likeness (QED) is 0.640. The standard InChI is InChI=1S/C14H19NO5/c1-5-7-10(17)15-13-12(14(18)19-6-2)11(8(3)16)9(4)20-13/h5-7H2,1-4H3,(H,15,17). The van der Waals surface area contributed by atoms with E-state index in [1.54, 1.807) is 13.8 Å². The Morgan fingerprint density at radius 2 is 1.85 bits per heavy atom. The van der Waals surface area contributed by atoms with Crippen molar-refractivity contribution in [3.63, 3.8) is 0 Å². The van der Waals surface area contributed by atoms with E-state index in [1.165, 1.54) is 6.92 Å². The third-order valence-corrected chi connectivity index (χ3v) is 2.65. The van der Waals surface area contributed by atoms with Crippen molar-refractivity contribution in [1.82, 2.24) is 0 Å². The van der Waals surface area contributed by atoms with Crippen molar-refractivity contribution in [2.45, 2.75) is 40.5 Å². The van der Waals surface area contributed by atoms with Crippen molar-refractivity contribution in [1.29, 1.82) is 0 Å². The van der Waals surface area contributed by atoms with Crippen LogP contribution in [0.5, 0.6) is 0 Å². The van der Waals surface area contributed by atoms with Gasteiger partial charge in [-0.3, -0.25) is 14.9 Å². The van der Waals surface area contributed by atoms with E-state index in [0.717, 1.165) is 0 Å². The van der Waals surface area contributed by atoms with Gasteiger partial charge < -0.3 is 9.15 Å². The van der Waals surface area contributed by atoms with Crippen molar-refractivity contribution >= 4 is 23.5 Å². The summed E-state index contributed by atoms with van der Waals surface area (Å²) in [5.41, 5.74) is 0.136. The third-order valence-electron chi connectivity index (χ3n) is 2.65. The molecule has 6 heteroatoms. The Kier molecular flexibility index (Phi) is 5.49. The van der Waals surface area contributed by atoms with Gasteiger partial charge in [0, 0.05) is 6.42 Å². The first-order chi connectivity index (χ1) is 9.42. The number of ether oxygens (including phenoxy) is 1. The average Bonchev–Trinajstić information content (AvgIpc) is 2.66. The molecule has 20 heavy (non-hydrogen) atoms. The number of hydrogen-bond acceptors (Lipinski definition) is 5. The summed E-state index contributed by atoms with van der Waals surface area (Å²) in [6.07, 6.45) is 0.969. The van der Waals surface area contributed by atoms with Crippen LogP contribution in [0.3, 0.4) is 0 Å². The Morgan fingerprint density at radius 1 is 1.20 bits per heavy atom. The summed E-state index contributed by atoms with van der Waals surface area (Å²) >= 11 is 0. The zero-order valence-corrected chi connectivity index (χ0v) is 12.2. The minimum absolute atomic E-state index is 0.0127. The van der Waals surface area contributed by atoms with Gasteiger partial charge in [-0.05, 0) is 27.2 Å². The molecular formula is C14H19NO5. The lowest BCUT2D eigenvalue weighted by atomic mass is 10.1. The number of carbonyl (C=O) groups excluding carboxylic acids is 3. The van der Waals surface area contributed by atoms with E-state index in [0.29, 0.717) is 12.8 Å². The molecule has 0 aliphatic rings. The summed E-state index contributed by atoms with van der Waals surface area (Å²) in [5, 5.41) is 2.51. The summed E-state index contributed by atoms with van der Waals surface area (Å²) in [6, 6.07) is 0. The van der Waals surface area contributed by atoms with Crippen LogP contribution in [0.4, 0.5) is 5.88 Å². The number of esters is 1. The SMILES string of the molecule is CCCC(=O)Nc1oc(C)c(C(C)=O)c1C(=O)OCC. The number of anilines is 1. The van der Waals surface area contributed by atoms with Crippen molar-refractivity contribution in [2.75, 3.05) is 11.9 Å². The number of rotatable bonds is 6. The first-order valence-corrected chi connectivity index (χ1v) is 6.53. The molecule has 0 saturated carbocycles. The van der Waals surface area contributed by atoms with Crippen molar-refractivity contribution in [3.8, 4) is 0 Å². The highest BCUT2D eigenvalue weighted by molar-refractivity contribution is 6.10. The number of carbonyl (C=O) groups is 3. The van der Waals surface area contributed by atoms with E-state index in [2.05, 4.69) is 5.32 Å². The van der Waals surface area contributed by atoms with E-state index in [1.807, 2.05) is 6.92 Å². The van der Waals surface area contributed by atoms with Crippen molar-refractivity contribution < 1.29 is 23.5 Å². The number of amides is 1. The fourth-order valence-electron chi connectivity index (χ4n) is 1.87. The van der Waals surface area contributed by atoms with Crippen LogP contribution in [0.1, 0.15) is 60.1 Å². The number of furan rings is 1. The molecular weight excluding hydrogens is 262 g/mol. The highest BCUT2D eigenvalue weighted by Crippen LogP contribution is 2.28. The van der Waals surface area contributed by atoms with Gasteiger partial charge in [-0.15, -0.1) is 0 Å². The predicted molar refractivity (Wildman–Crippen MR) is 72.9 cm³/mol. The van der Waals surface area contributed by atoms with Crippen LogP contribution in [0, 0.1) is 6.92 Å². The van der Waals surface area contributed by atoms with Crippen molar-refractivity contribution in [2.24, 2.45) is 0 Å². The molecule has 0 atom stereocenters. The molecule has 0 unspecified atom stereocenters. The van der Waals surface area contributed by atoms with E-state index >= 15 is 0 Å². The zero-order valence-electron chi connectivity index (χ0n) is 12.2. The summed E-state index contributed by atoms with van der Waals surface area (Å²) in [6.45, 7) is 6.59. The zero-order chi connectivity index (χ0) is 15.3. The van der Waals surface area contributed by atoms with Gasteiger partial charge in [0.15, 0.2) is 5.78 Å². The Labute approximate surface area is 117 Å². The van der Waals surface area contributed by atoms with Crippen LogP contribution in [0.15, 0.2) is 4.42 Å². The minimum atomic E-state index is -0.679. The van der Waals surface area contributed by atoms with Gasteiger partial charge in [0.25, 0.3) is 0 Å². The lowest BCUT2D eigenvalue weighted by Crippen LogP contribution is -2.15. The average molecular weight is 281 g/mol. The maximum Gasteiger partial charge on any atom is 0.344 e. The van der Waals surface area contributed by atoms with E-state index in [-0.39, 0.29) is 41.1 Å². The monoisotopic (exact) mass is 281 g/mol. The molecule has 0 bridgehead atoms. The molecule has 0 aliphatic heterocycles. The molecule has 1 aromatic rings. The predicted octanol–water partition coefficient (Wildman–Crippen LogP) is 2.71. The smallest absolute Gasteiger partial charge is 0.344 e. The fourth-order valence-corrected chi connectivity index (χ4v) is 1.87. The van der Waals surface area contributed by atoms with Crippen LogP contribution in [-0.4, -0.2) is 24.3 Å². The molecule has 0 saturated heterocycles. The van der Waals surface area contributed by atoms with Crippen molar-refractivity contribution in [3.05, 3.63) is 16.9 Å². The molecule has 1 N–H and O–H groups in total. The van der Waals surface area contributed by atoms with Gasteiger partial charge >= 0.3 is 5.97 Å². The maximum atomic E-state index is 12.0. The van der Waals surface area contributed by atoms with E-state index in [9.17, 15) is 14.4 Å². The Morgan fingerprint density at radius 3 is 2.35 bits per heavy atom. The van der Waals surface area contributed by atoms with Crippen LogP contribution < -0.4 is 5.32 Å². The topological polar surface area (TPSA) is 85.6 Å². The van der Waals surface area contributed by atoms with E-state index in [4.69, 9.17) is 9.15 Å². The molecule has 0 fully saturated rings. The van der Waals surface area contributed by atoms with Gasteiger partial charge in [-0.2, -0.15) is 0 Å². The molecule has 1 amide bonds. The number of aryl methyl sites for hydroxylation is 1. The van der Waals surface area contributed by atoms with Crippen LogP contribution in [-0.2, 0) is 9.53 Å². The number of Topliss-reactive ketones (excluding diaryl/α,β-unsaturated/α-hetero) is 1. The molecule has 0 spiro atoms. The first kappa shape index (κ1) is 15.9. The van der Waals surface area contributed by atoms with Gasteiger partial charge in [0.05, 0.1) is 12.2 Å². The normalized spacial score (nSPS) is 10.2. The van der Waals surface area contributed by atoms with E-state index < -0.39 is 5.97 Å². The van der Waals surface area contributed by atoms with Crippen LogP contribution >= 0.6 is 0 Å². The minimum Gasteiger partial charge on any atom is -0.462 e. The highest BCUT2D eigenvalue weighted by atomic mass is 16.5. The first-order valence-electron chi connectivity index (χ1n) is 6.53. The largest absolute Gasteiger partial charge is 0.462 e. The molecule has 1 heterocycles. The number of nitrogens with one attached hydrogen (secondary N) is 1. The van der Waals surface area contributed by atoms with Crippen LogP contribution in [0.2, 0.25) is 0 Å². The van der Waals surface area contributed by atoms with Gasteiger partial charge in [-0.1, -0.05) is 6.92 Å². The van der Waals surface area contributed by atoms with Gasteiger partial charge in [0.2, 0.25) is 11.8 Å². The molecule has 1 rings (SSSR count). The van der Waals surface area contributed by atoms with Crippen LogP contribution in [0.25, 0.3) is 0 Å². The molecule has 110 valence electrons. The Bertz CT molecular complexity index is 530. The highest BCUT2D eigenvalue weighted by Gasteiger charge is 2.28. The summed E-state index contributed by atoms with van der Waals surface area (Å²) < 4.78 is 10.2. The number of ketones is 1. The lowest BCUT2D eigenvalue weighted by molar-refractivity contribution is -0.116. The van der Waals surface area contributed by atoms with Gasteiger partial charge in [0.1, 0.15) is 11.3 Å². The Balaban J connectivity index is 3.23. The maximum absolute atomic E-state index is 12.0. The molecule has 0 aliphatic carbocycles. The van der Waals surface area contributed by atoms with Gasteiger partial charge in [-0.25, -0.2) is 4.79 Å². The third kappa shape index (κ3) is 3.46. The fraction of sp³-hybridized carbons (Fsp3) is 0.500. The number of hydrogen-bond donors (Lipinski definition) is 1.